The van der Waals surface area contributed by atoms with E-state index in [-0.39, 0.29) is 151 Å². The monoisotopic (exact) mass is 452 g/mol. The van der Waals surface area contributed by atoms with Gasteiger partial charge < -0.3 is 0 Å². The third-order valence-corrected chi connectivity index (χ3v) is 0. The first kappa shape index (κ1) is 36.6. The van der Waals surface area contributed by atoms with E-state index in [1.54, 1.807) is 0 Å². The van der Waals surface area contributed by atoms with Gasteiger partial charge in [-0.2, -0.15) is 0 Å². The molecule has 0 bridgehead atoms. The van der Waals surface area contributed by atoms with Crippen LogP contribution in [-0.2, 0) is 7.48 Å². The molecule has 0 rings (SSSR count). The van der Waals surface area contributed by atoms with Gasteiger partial charge in [0, 0.05) is 0 Å². The Balaban J connectivity index is -0.0000000178. The molecule has 0 amide bonds. The van der Waals surface area contributed by atoms with Crippen LogP contribution >= 0.6 is 0 Å². The first-order valence-electron chi connectivity index (χ1n) is 1.57. The van der Waals surface area contributed by atoms with Gasteiger partial charge in [0.05, 0.1) is 0 Å². The van der Waals surface area contributed by atoms with Gasteiger partial charge in [-0.1, -0.05) is 0 Å². The molecule has 0 aromatic heterocycles. The van der Waals surface area contributed by atoms with Crippen LogP contribution in [0.4, 0.5) is 0 Å². The molecule has 0 heterocycles. The molecule has 0 spiro atoms. The molecule has 0 aromatic rings. The Bertz CT molecular complexity index is 132. The summed E-state index contributed by atoms with van der Waals surface area (Å²) in [6.07, 6.45) is 0. The van der Waals surface area contributed by atoms with Crippen LogP contribution < -0.4 is 0 Å². The van der Waals surface area contributed by atoms with Crippen molar-refractivity contribution >= 4 is 180 Å². The number of rotatable bonds is 0. The topological polar surface area (TPSA) is 156 Å². The van der Waals surface area contributed by atoms with E-state index in [0.717, 1.165) is 0 Å². The van der Waals surface area contributed by atoms with Gasteiger partial charge in [0.2, 0.25) is 0 Å². The summed E-state index contributed by atoms with van der Waals surface area (Å²) < 4.78 is 61.4. The second-order valence-corrected chi connectivity index (χ2v) is 5.33. The van der Waals surface area contributed by atoms with E-state index in [4.69, 9.17) is 32.1 Å². The van der Waals surface area contributed by atoms with E-state index in [2.05, 4.69) is 0 Å². The molecule has 80 valence electrons. The van der Waals surface area contributed by atoms with Crippen molar-refractivity contribution in [2.24, 2.45) is 0 Å². The molecule has 14 heavy (non-hydrogen) atoms. The second kappa shape index (κ2) is 18.5. The zero-order chi connectivity index (χ0) is 9.00. The van der Waals surface area contributed by atoms with E-state index in [1.807, 2.05) is 0 Å². The SMILES string of the molecule is O=[As](O)(O)O.O=[As](O)(O)O.[CaH2].[CaH2].[CaH2].[CaH2]. The molecule has 0 radical (unpaired) electrons. The summed E-state index contributed by atoms with van der Waals surface area (Å²) in [6.45, 7) is 0. The minimum atomic E-state index is -5.12. The molecule has 6 N–H and O–H groups in total. The predicted octanol–water partition coefficient (Wildman–Crippen LogP) is -8.01. The Kier molecular flexibility index (Phi) is 48.4. The van der Waals surface area contributed by atoms with Gasteiger partial charge in [0.15, 0.2) is 0 Å². The van der Waals surface area contributed by atoms with Crippen LogP contribution in [0.3, 0.4) is 0 Å². The van der Waals surface area contributed by atoms with Crippen molar-refractivity contribution < 1.29 is 32.1 Å². The summed E-state index contributed by atoms with van der Waals surface area (Å²) in [7, 11) is 0. The Morgan fingerprint density at radius 2 is 0.500 bits per heavy atom. The van der Waals surface area contributed by atoms with Crippen LogP contribution in [0.1, 0.15) is 0 Å². The molecule has 0 aliphatic rings. The maximum absolute atomic E-state index is 8.94. The van der Waals surface area contributed by atoms with Gasteiger partial charge in [-0.3, -0.25) is 0 Å². The van der Waals surface area contributed by atoms with Crippen molar-refractivity contribution in [1.82, 2.24) is 0 Å². The Labute approximate surface area is 206 Å². The van der Waals surface area contributed by atoms with Crippen molar-refractivity contribution in [2.75, 3.05) is 0 Å². The van der Waals surface area contributed by atoms with Crippen LogP contribution in [-0.4, -0.2) is 205 Å². The molecular weight excluding hydrogens is 438 g/mol. The first-order chi connectivity index (χ1) is 4.00. The maximum atomic E-state index is 8.94. The van der Waals surface area contributed by atoms with Gasteiger partial charge >= 0.3 is 212 Å². The summed E-state index contributed by atoms with van der Waals surface area (Å²) in [6, 6.07) is 0. The van der Waals surface area contributed by atoms with Gasteiger partial charge in [-0.05, 0) is 0 Å². The normalized spacial score (nSPS) is 8.43. The average Bonchev–Trinajstić information content (AvgIpc) is 1.12. The van der Waals surface area contributed by atoms with E-state index < -0.39 is 29.0 Å². The Morgan fingerprint density at radius 1 is 0.500 bits per heavy atom. The van der Waals surface area contributed by atoms with Crippen LogP contribution in [0.25, 0.3) is 0 Å². The minimum absolute atomic E-state index is 0. The second-order valence-electron chi connectivity index (χ2n) is 1.03. The van der Waals surface area contributed by atoms with Crippen LogP contribution in [0, 0.1) is 0 Å². The first-order valence-corrected chi connectivity index (χ1v) is 8.13. The number of hydrogen-bond acceptors (Lipinski definition) is 2. The third kappa shape index (κ3) is 157. The molecule has 14 heteroatoms. The predicted molar refractivity (Wildman–Crippen MR) is 60.4 cm³/mol. The van der Waals surface area contributed by atoms with Crippen molar-refractivity contribution in [3.63, 3.8) is 0 Å². The third-order valence-electron chi connectivity index (χ3n) is 0. The van der Waals surface area contributed by atoms with Crippen molar-refractivity contribution in [2.45, 2.75) is 0 Å². The van der Waals surface area contributed by atoms with Crippen LogP contribution in [0.15, 0.2) is 0 Å². The molecule has 8 nitrogen and oxygen atoms in total. The summed E-state index contributed by atoms with van der Waals surface area (Å²) in [5.41, 5.74) is 0. The fourth-order valence-corrected chi connectivity index (χ4v) is 0. The molecule has 0 fully saturated rings. The fraction of sp³-hybridized carbons (Fsp3) is 0. The quantitative estimate of drug-likeness (QED) is 0.198. The van der Waals surface area contributed by atoms with E-state index in [1.165, 1.54) is 0 Å². The van der Waals surface area contributed by atoms with Crippen LogP contribution in [0.2, 0.25) is 0 Å². The summed E-state index contributed by atoms with van der Waals surface area (Å²) in [5.74, 6) is 0. The molecule has 0 aromatic carbocycles. The molecule has 0 unspecified atom stereocenters. The van der Waals surface area contributed by atoms with E-state index in [9.17, 15) is 0 Å². The van der Waals surface area contributed by atoms with Crippen LogP contribution in [0.5, 0.6) is 0 Å². The van der Waals surface area contributed by atoms with Gasteiger partial charge in [0.1, 0.15) is 0 Å². The van der Waals surface area contributed by atoms with Gasteiger partial charge in [-0.15, -0.1) is 0 Å². The fourth-order valence-electron chi connectivity index (χ4n) is 0. The Morgan fingerprint density at radius 3 is 0.500 bits per heavy atom. The summed E-state index contributed by atoms with van der Waals surface area (Å²) >= 11 is -10.2. The van der Waals surface area contributed by atoms with Crippen molar-refractivity contribution in [3.05, 3.63) is 0 Å². The molecular formula is H14As2Ca4O8. The summed E-state index contributed by atoms with van der Waals surface area (Å²) in [4.78, 5) is 0. The molecule has 0 aliphatic carbocycles. The van der Waals surface area contributed by atoms with Crippen molar-refractivity contribution in [3.8, 4) is 0 Å². The van der Waals surface area contributed by atoms with Gasteiger partial charge in [-0.25, -0.2) is 0 Å². The van der Waals surface area contributed by atoms with E-state index in [0.29, 0.717) is 0 Å². The molecule has 0 saturated heterocycles. The van der Waals surface area contributed by atoms with Crippen molar-refractivity contribution in [1.29, 1.82) is 0 Å². The van der Waals surface area contributed by atoms with Gasteiger partial charge in [0.25, 0.3) is 0 Å². The Hall–Kier alpha value is 5.52. The van der Waals surface area contributed by atoms with E-state index >= 15 is 0 Å². The number of hydrogen-bond donors (Lipinski definition) is 6. The molecule has 0 aliphatic heterocycles. The summed E-state index contributed by atoms with van der Waals surface area (Å²) in [5, 5.41) is 0. The molecule has 0 atom stereocenters. The zero-order valence-electron chi connectivity index (χ0n) is 4.39. The zero-order valence-corrected chi connectivity index (χ0v) is 8.15. The average molecular weight is 452 g/mol. The molecule has 0 saturated carbocycles. The standard InChI is InChI=1S/2AsH3O4.4Ca.8H/c2*2-1(3,4)5;;;;;;;;;;;;/h2*(H3,2,3,4,5);;;;;;;;;;;;.